The fourth-order valence-corrected chi connectivity index (χ4v) is 3.22. The maximum absolute atomic E-state index is 12.8. The highest BCUT2D eigenvalue weighted by molar-refractivity contribution is 6.30. The van der Waals surface area contributed by atoms with E-state index in [1.807, 2.05) is 0 Å². The van der Waals surface area contributed by atoms with Crippen molar-refractivity contribution in [3.8, 4) is 11.5 Å². The van der Waals surface area contributed by atoms with Crippen molar-refractivity contribution < 1.29 is 29.4 Å². The van der Waals surface area contributed by atoms with Crippen LogP contribution in [-0.2, 0) is 4.79 Å². The van der Waals surface area contributed by atoms with Gasteiger partial charge in [-0.1, -0.05) is 18.7 Å². The van der Waals surface area contributed by atoms with Crippen molar-refractivity contribution in [2.24, 2.45) is 0 Å². The first-order chi connectivity index (χ1) is 13.8. The van der Waals surface area contributed by atoms with Gasteiger partial charge in [0.2, 0.25) is 5.78 Å². The van der Waals surface area contributed by atoms with Crippen LogP contribution in [0.25, 0.3) is 0 Å². The number of carbonyl (C=O) groups is 4. The first kappa shape index (κ1) is 18.0. The average molecular weight is 391 g/mol. The zero-order valence-electron chi connectivity index (χ0n) is 14.7. The molecule has 0 fully saturated rings. The fourth-order valence-electron chi connectivity index (χ4n) is 3.22. The van der Waals surface area contributed by atoms with Crippen LogP contribution in [0, 0.1) is 0 Å². The molecule has 0 bridgehead atoms. The van der Waals surface area contributed by atoms with Crippen LogP contribution in [0.3, 0.4) is 0 Å². The molecule has 0 aromatic heterocycles. The van der Waals surface area contributed by atoms with E-state index in [-0.39, 0.29) is 45.2 Å². The Labute approximate surface area is 163 Å². The molecule has 1 heterocycles. The summed E-state index contributed by atoms with van der Waals surface area (Å²) in [5.41, 5.74) is -0.776. The van der Waals surface area contributed by atoms with Gasteiger partial charge in [0.05, 0.1) is 11.1 Å². The summed E-state index contributed by atoms with van der Waals surface area (Å²) in [7, 11) is 0. The van der Waals surface area contributed by atoms with Crippen LogP contribution in [0.5, 0.6) is 11.5 Å². The predicted octanol–water partition coefficient (Wildman–Crippen LogP) is 0.635. The molecule has 0 atom stereocenters. The SMILES string of the molecule is C=C1NC(=O)C=C(NC(=O)c2cc(O)c3c(c2)C(=O)c2cccc(O)c2C3=O)N1. The van der Waals surface area contributed by atoms with Crippen molar-refractivity contribution in [1.82, 2.24) is 16.0 Å². The minimum Gasteiger partial charge on any atom is -0.507 e. The van der Waals surface area contributed by atoms with Gasteiger partial charge in [0.25, 0.3) is 11.8 Å². The monoisotopic (exact) mass is 391 g/mol. The lowest BCUT2D eigenvalue weighted by molar-refractivity contribution is -0.116. The Kier molecular flexibility index (Phi) is 3.93. The lowest BCUT2D eigenvalue weighted by atomic mass is 9.82. The number of aromatic hydroxyl groups is 2. The van der Waals surface area contributed by atoms with E-state index in [1.54, 1.807) is 0 Å². The number of hydrogen-bond donors (Lipinski definition) is 5. The summed E-state index contributed by atoms with van der Waals surface area (Å²) in [5, 5.41) is 27.8. The van der Waals surface area contributed by atoms with E-state index in [1.165, 1.54) is 24.3 Å². The third-order valence-electron chi connectivity index (χ3n) is 4.45. The van der Waals surface area contributed by atoms with E-state index >= 15 is 0 Å². The largest absolute Gasteiger partial charge is 0.507 e. The quantitative estimate of drug-likeness (QED) is 0.431. The first-order valence-electron chi connectivity index (χ1n) is 8.34. The van der Waals surface area contributed by atoms with Crippen LogP contribution >= 0.6 is 0 Å². The number of carbonyl (C=O) groups excluding carboxylic acids is 4. The second-order valence-corrected chi connectivity index (χ2v) is 6.38. The second-order valence-electron chi connectivity index (χ2n) is 6.38. The minimum atomic E-state index is -0.730. The average Bonchev–Trinajstić information content (AvgIpc) is 2.64. The third kappa shape index (κ3) is 2.90. The summed E-state index contributed by atoms with van der Waals surface area (Å²) < 4.78 is 0. The Bertz CT molecular complexity index is 1190. The van der Waals surface area contributed by atoms with Crippen molar-refractivity contribution in [3.63, 3.8) is 0 Å². The maximum Gasteiger partial charge on any atom is 0.256 e. The lowest BCUT2D eigenvalue weighted by Gasteiger charge is -2.21. The highest BCUT2D eigenvalue weighted by atomic mass is 16.3. The van der Waals surface area contributed by atoms with Gasteiger partial charge in [0.1, 0.15) is 23.1 Å². The van der Waals surface area contributed by atoms with Crippen molar-refractivity contribution in [2.45, 2.75) is 0 Å². The standard InChI is InChI=1S/C20H13N3O6/c1-8-21-14(7-15(26)22-8)23-20(29)9-5-11-17(13(25)6-9)19(28)16-10(18(11)27)3-2-4-12(16)24/h2-7,21,24-25H,1H2,(H,22,26)(H,23,29). The van der Waals surface area contributed by atoms with E-state index in [4.69, 9.17) is 0 Å². The molecule has 9 nitrogen and oxygen atoms in total. The van der Waals surface area contributed by atoms with E-state index in [0.29, 0.717) is 0 Å². The number of fused-ring (bicyclic) bond motifs is 2. The number of phenolic OH excluding ortho intramolecular Hbond substituents is 2. The Balaban J connectivity index is 1.74. The summed E-state index contributed by atoms with van der Waals surface area (Å²) in [6.07, 6.45) is 1.10. The number of benzene rings is 2. The second kappa shape index (κ2) is 6.34. The predicted molar refractivity (Wildman–Crippen MR) is 99.0 cm³/mol. The van der Waals surface area contributed by atoms with Crippen molar-refractivity contribution in [2.75, 3.05) is 0 Å². The number of hydrogen-bond acceptors (Lipinski definition) is 7. The number of amides is 2. The van der Waals surface area contributed by atoms with Crippen LogP contribution < -0.4 is 16.0 Å². The molecule has 144 valence electrons. The molecule has 9 heteroatoms. The van der Waals surface area contributed by atoms with E-state index in [9.17, 15) is 29.4 Å². The Morgan fingerprint density at radius 3 is 2.38 bits per heavy atom. The van der Waals surface area contributed by atoms with Gasteiger partial charge in [-0.3, -0.25) is 19.2 Å². The molecule has 1 aliphatic heterocycles. The Hall–Kier alpha value is -4.40. The number of nitrogens with one attached hydrogen (secondary N) is 3. The Morgan fingerprint density at radius 2 is 1.66 bits per heavy atom. The molecule has 1 aliphatic carbocycles. The molecule has 2 aliphatic rings. The van der Waals surface area contributed by atoms with Gasteiger partial charge in [-0.05, 0) is 18.2 Å². The summed E-state index contributed by atoms with van der Waals surface area (Å²) in [6.45, 7) is 3.54. The molecule has 0 saturated heterocycles. The van der Waals surface area contributed by atoms with Gasteiger partial charge in [-0.2, -0.15) is 0 Å². The highest BCUT2D eigenvalue weighted by Gasteiger charge is 2.35. The first-order valence-corrected chi connectivity index (χ1v) is 8.34. The number of rotatable bonds is 2. The summed E-state index contributed by atoms with van der Waals surface area (Å²) in [6, 6.07) is 6.27. The normalized spacial score (nSPS) is 15.0. The molecule has 4 rings (SSSR count). The van der Waals surface area contributed by atoms with Crippen LogP contribution in [0.15, 0.2) is 54.6 Å². The molecule has 0 spiro atoms. The smallest absolute Gasteiger partial charge is 0.256 e. The van der Waals surface area contributed by atoms with E-state index in [0.717, 1.165) is 12.1 Å². The molecule has 2 aromatic rings. The lowest BCUT2D eigenvalue weighted by Crippen LogP contribution is -2.41. The van der Waals surface area contributed by atoms with Crippen LogP contribution in [0.1, 0.15) is 42.2 Å². The van der Waals surface area contributed by atoms with E-state index < -0.39 is 29.1 Å². The zero-order valence-corrected chi connectivity index (χ0v) is 14.7. The molecule has 0 saturated carbocycles. The third-order valence-corrected chi connectivity index (χ3v) is 4.45. The fraction of sp³-hybridized carbons (Fsp3) is 0. The molecule has 0 radical (unpaired) electrons. The van der Waals surface area contributed by atoms with E-state index in [2.05, 4.69) is 22.5 Å². The van der Waals surface area contributed by atoms with Crippen molar-refractivity contribution >= 4 is 23.4 Å². The van der Waals surface area contributed by atoms with Crippen LogP contribution in [0.4, 0.5) is 0 Å². The van der Waals surface area contributed by atoms with Crippen LogP contribution in [-0.4, -0.2) is 33.6 Å². The summed E-state index contributed by atoms with van der Waals surface area (Å²) in [4.78, 5) is 49.6. The summed E-state index contributed by atoms with van der Waals surface area (Å²) in [5.74, 6) is -3.29. The number of ketones is 2. The van der Waals surface area contributed by atoms with Gasteiger partial charge in [-0.25, -0.2) is 0 Å². The molecule has 2 amide bonds. The van der Waals surface area contributed by atoms with Crippen molar-refractivity contribution in [3.05, 3.63) is 82.4 Å². The topological polar surface area (TPSA) is 145 Å². The van der Waals surface area contributed by atoms with Gasteiger partial charge in [-0.15, -0.1) is 0 Å². The molecule has 2 aromatic carbocycles. The van der Waals surface area contributed by atoms with Gasteiger partial charge in [0.15, 0.2) is 5.78 Å². The maximum atomic E-state index is 12.8. The van der Waals surface area contributed by atoms with Crippen LogP contribution in [0.2, 0.25) is 0 Å². The molecular formula is C20H13N3O6. The zero-order chi connectivity index (χ0) is 20.9. The number of phenols is 2. The van der Waals surface area contributed by atoms with Crippen molar-refractivity contribution in [1.29, 1.82) is 0 Å². The van der Waals surface area contributed by atoms with Gasteiger partial charge >= 0.3 is 0 Å². The Morgan fingerprint density at radius 1 is 0.931 bits per heavy atom. The molecule has 0 unspecified atom stereocenters. The van der Waals surface area contributed by atoms with Gasteiger partial charge in [0, 0.05) is 22.8 Å². The summed E-state index contributed by atoms with van der Waals surface area (Å²) >= 11 is 0. The molecule has 5 N–H and O–H groups in total. The molecular weight excluding hydrogens is 378 g/mol. The molecule has 29 heavy (non-hydrogen) atoms. The minimum absolute atomic E-state index is 0.0240. The highest BCUT2D eigenvalue weighted by Crippen LogP contribution is 2.37. The van der Waals surface area contributed by atoms with Gasteiger partial charge < -0.3 is 26.2 Å².